The van der Waals surface area contributed by atoms with E-state index in [2.05, 4.69) is 42.8 Å². The van der Waals surface area contributed by atoms with Crippen molar-refractivity contribution in [2.24, 2.45) is 0 Å². The SMILES string of the molecule is CCC1NC(c2ccc3c(c2)CC[C@H]3C)NO1. The molecule has 1 saturated heterocycles. The van der Waals surface area contributed by atoms with Crippen molar-refractivity contribution in [1.82, 2.24) is 10.8 Å². The van der Waals surface area contributed by atoms with Crippen LogP contribution in [0.25, 0.3) is 0 Å². The van der Waals surface area contributed by atoms with E-state index >= 15 is 0 Å². The van der Waals surface area contributed by atoms with Gasteiger partial charge in [-0.05, 0) is 41.9 Å². The minimum atomic E-state index is 0.132. The molecule has 0 spiro atoms. The second-order valence-corrected chi connectivity index (χ2v) is 5.13. The first-order valence-electron chi connectivity index (χ1n) is 6.58. The molecule has 0 amide bonds. The van der Waals surface area contributed by atoms with Gasteiger partial charge < -0.3 is 0 Å². The molecule has 3 rings (SSSR count). The number of fused-ring (bicyclic) bond motifs is 1. The van der Waals surface area contributed by atoms with Crippen molar-refractivity contribution >= 4 is 0 Å². The Labute approximate surface area is 103 Å². The van der Waals surface area contributed by atoms with Crippen LogP contribution in [0.1, 0.15) is 55.5 Å². The Kier molecular flexibility index (Phi) is 2.90. The lowest BCUT2D eigenvalue weighted by molar-refractivity contribution is 0.0207. The predicted octanol–water partition coefficient (Wildman–Crippen LogP) is 2.60. The number of benzene rings is 1. The van der Waals surface area contributed by atoms with Gasteiger partial charge in [0.1, 0.15) is 12.4 Å². The van der Waals surface area contributed by atoms with E-state index < -0.39 is 0 Å². The molecule has 0 bridgehead atoms. The highest BCUT2D eigenvalue weighted by molar-refractivity contribution is 5.38. The summed E-state index contributed by atoms with van der Waals surface area (Å²) in [6.07, 6.45) is 3.76. The number of rotatable bonds is 2. The van der Waals surface area contributed by atoms with Crippen molar-refractivity contribution in [3.63, 3.8) is 0 Å². The second-order valence-electron chi connectivity index (χ2n) is 5.13. The third kappa shape index (κ3) is 1.99. The van der Waals surface area contributed by atoms with Crippen LogP contribution >= 0.6 is 0 Å². The van der Waals surface area contributed by atoms with E-state index in [0.29, 0.717) is 0 Å². The highest BCUT2D eigenvalue weighted by atomic mass is 16.7. The minimum Gasteiger partial charge on any atom is -0.281 e. The Balaban J connectivity index is 1.81. The highest BCUT2D eigenvalue weighted by Crippen LogP contribution is 2.34. The van der Waals surface area contributed by atoms with Gasteiger partial charge in [-0.2, -0.15) is 5.48 Å². The van der Waals surface area contributed by atoms with Gasteiger partial charge in [0.2, 0.25) is 0 Å². The molecule has 3 atom stereocenters. The lowest BCUT2D eigenvalue weighted by Gasteiger charge is -2.12. The molecule has 92 valence electrons. The standard InChI is InChI=1S/C14H20N2O/c1-3-13-15-14(16-17-13)11-6-7-12-9(2)4-5-10(12)8-11/h6-9,13-16H,3-5H2,1-2H3/t9-,13?,14?/m1/s1. The smallest absolute Gasteiger partial charge is 0.130 e. The number of aryl methyl sites for hydroxylation is 1. The summed E-state index contributed by atoms with van der Waals surface area (Å²) < 4.78 is 0. The number of hydroxylamine groups is 1. The van der Waals surface area contributed by atoms with Crippen LogP contribution in [-0.4, -0.2) is 6.23 Å². The molecule has 1 aromatic carbocycles. The fourth-order valence-electron chi connectivity index (χ4n) is 2.80. The zero-order chi connectivity index (χ0) is 11.8. The van der Waals surface area contributed by atoms with Crippen LogP contribution in [0, 0.1) is 0 Å². The van der Waals surface area contributed by atoms with E-state index in [9.17, 15) is 0 Å². The van der Waals surface area contributed by atoms with Crippen molar-refractivity contribution in [3.8, 4) is 0 Å². The van der Waals surface area contributed by atoms with Crippen LogP contribution in [0.4, 0.5) is 0 Å². The molecule has 2 unspecified atom stereocenters. The first-order valence-corrected chi connectivity index (χ1v) is 6.58. The maximum atomic E-state index is 5.45. The van der Waals surface area contributed by atoms with E-state index in [1.165, 1.54) is 29.5 Å². The lowest BCUT2D eigenvalue weighted by atomic mass is 10.0. The molecule has 1 heterocycles. The number of nitrogens with one attached hydrogen (secondary N) is 2. The zero-order valence-electron chi connectivity index (χ0n) is 10.5. The summed E-state index contributed by atoms with van der Waals surface area (Å²) in [5, 5.41) is 3.43. The summed E-state index contributed by atoms with van der Waals surface area (Å²) in [4.78, 5) is 5.45. The van der Waals surface area contributed by atoms with E-state index in [0.717, 1.165) is 12.3 Å². The Hall–Kier alpha value is -0.900. The molecule has 0 radical (unpaired) electrons. The summed E-state index contributed by atoms with van der Waals surface area (Å²) >= 11 is 0. The Morgan fingerprint density at radius 1 is 1.41 bits per heavy atom. The van der Waals surface area contributed by atoms with Gasteiger partial charge in [-0.25, -0.2) is 0 Å². The van der Waals surface area contributed by atoms with E-state index in [-0.39, 0.29) is 12.4 Å². The van der Waals surface area contributed by atoms with Crippen LogP contribution in [0.15, 0.2) is 18.2 Å². The minimum absolute atomic E-state index is 0.132. The Bertz CT molecular complexity index is 419. The molecule has 3 nitrogen and oxygen atoms in total. The maximum Gasteiger partial charge on any atom is 0.130 e. The van der Waals surface area contributed by atoms with Crippen LogP contribution in [0.3, 0.4) is 0 Å². The summed E-state index contributed by atoms with van der Waals surface area (Å²) in [6, 6.07) is 6.82. The molecule has 2 aliphatic rings. The van der Waals surface area contributed by atoms with Crippen molar-refractivity contribution in [2.45, 2.75) is 51.4 Å². The van der Waals surface area contributed by atoms with Crippen LogP contribution in [0.2, 0.25) is 0 Å². The van der Waals surface area contributed by atoms with E-state index in [4.69, 9.17) is 4.84 Å². The summed E-state index contributed by atoms with van der Waals surface area (Å²) in [5.41, 5.74) is 7.39. The molecule has 1 aromatic rings. The van der Waals surface area contributed by atoms with Crippen molar-refractivity contribution in [2.75, 3.05) is 0 Å². The molecule has 1 fully saturated rings. The van der Waals surface area contributed by atoms with Crippen molar-refractivity contribution in [1.29, 1.82) is 0 Å². The summed E-state index contributed by atoms with van der Waals surface area (Å²) in [6.45, 7) is 4.43. The third-order valence-corrected chi connectivity index (χ3v) is 3.93. The normalized spacial score (nSPS) is 31.8. The molecule has 2 N–H and O–H groups in total. The highest BCUT2D eigenvalue weighted by Gasteiger charge is 2.26. The van der Waals surface area contributed by atoms with Crippen molar-refractivity contribution in [3.05, 3.63) is 34.9 Å². The second kappa shape index (κ2) is 4.41. The lowest BCUT2D eigenvalue weighted by Crippen LogP contribution is -2.25. The van der Waals surface area contributed by atoms with Crippen molar-refractivity contribution < 1.29 is 4.84 Å². The summed E-state index contributed by atoms with van der Waals surface area (Å²) in [7, 11) is 0. The van der Waals surface area contributed by atoms with E-state index in [1.807, 2.05) is 0 Å². The average molecular weight is 232 g/mol. The van der Waals surface area contributed by atoms with Crippen LogP contribution in [0.5, 0.6) is 0 Å². The zero-order valence-corrected chi connectivity index (χ0v) is 10.5. The quantitative estimate of drug-likeness (QED) is 0.822. The molecule has 1 aliphatic carbocycles. The van der Waals surface area contributed by atoms with Gasteiger partial charge in [0.15, 0.2) is 0 Å². The molecule has 1 aliphatic heterocycles. The molecular formula is C14H20N2O. The molecule has 3 heteroatoms. The topological polar surface area (TPSA) is 33.3 Å². The van der Waals surface area contributed by atoms with E-state index in [1.54, 1.807) is 0 Å². The van der Waals surface area contributed by atoms with Gasteiger partial charge in [0, 0.05) is 0 Å². The largest absolute Gasteiger partial charge is 0.281 e. The fraction of sp³-hybridized carbons (Fsp3) is 0.571. The molecule has 0 aromatic heterocycles. The van der Waals surface area contributed by atoms with Gasteiger partial charge in [-0.1, -0.05) is 32.0 Å². The Morgan fingerprint density at radius 3 is 3.06 bits per heavy atom. The average Bonchev–Trinajstić information content (AvgIpc) is 2.96. The fourth-order valence-corrected chi connectivity index (χ4v) is 2.80. The number of hydrogen-bond donors (Lipinski definition) is 2. The molecule has 0 saturated carbocycles. The summed E-state index contributed by atoms with van der Waals surface area (Å²) in [5.74, 6) is 0.725. The monoisotopic (exact) mass is 232 g/mol. The third-order valence-electron chi connectivity index (χ3n) is 3.93. The number of hydrogen-bond acceptors (Lipinski definition) is 3. The maximum absolute atomic E-state index is 5.45. The Morgan fingerprint density at radius 2 is 2.29 bits per heavy atom. The predicted molar refractivity (Wildman–Crippen MR) is 67.4 cm³/mol. The van der Waals surface area contributed by atoms with Crippen LogP contribution < -0.4 is 10.8 Å². The first kappa shape index (κ1) is 11.2. The van der Waals surface area contributed by atoms with Gasteiger partial charge in [-0.3, -0.25) is 10.2 Å². The van der Waals surface area contributed by atoms with Gasteiger partial charge in [0.05, 0.1) is 0 Å². The molecular weight excluding hydrogens is 212 g/mol. The van der Waals surface area contributed by atoms with Gasteiger partial charge in [-0.15, -0.1) is 0 Å². The van der Waals surface area contributed by atoms with Crippen LogP contribution in [-0.2, 0) is 11.3 Å². The molecule has 17 heavy (non-hydrogen) atoms. The first-order chi connectivity index (χ1) is 8.28. The van der Waals surface area contributed by atoms with Gasteiger partial charge in [0.25, 0.3) is 0 Å². The van der Waals surface area contributed by atoms with Gasteiger partial charge >= 0.3 is 0 Å².